The van der Waals surface area contributed by atoms with E-state index >= 15 is 0 Å². The summed E-state index contributed by atoms with van der Waals surface area (Å²) in [7, 11) is 0. The number of nitrogens with two attached hydrogens (primary N) is 2. The van der Waals surface area contributed by atoms with Gasteiger partial charge in [0.05, 0.1) is 28.8 Å². The Kier molecular flexibility index (Phi) is 5.12. The van der Waals surface area contributed by atoms with Gasteiger partial charge >= 0.3 is 6.18 Å². The second kappa shape index (κ2) is 7.80. The zero-order chi connectivity index (χ0) is 23.0. The van der Waals surface area contributed by atoms with Crippen molar-refractivity contribution < 1.29 is 18.0 Å². The first kappa shape index (κ1) is 21.0. The van der Waals surface area contributed by atoms with E-state index in [0.717, 1.165) is 5.56 Å². The highest BCUT2D eigenvalue weighted by molar-refractivity contribution is 6.04. The SMILES string of the molecule is Cc1ccc2[nH]ncc2c1-c1nc(-c2ncccc2NCC(F)(F)F)nc(C(N)=O)c1N. The van der Waals surface area contributed by atoms with Crippen LogP contribution in [0.1, 0.15) is 16.1 Å². The van der Waals surface area contributed by atoms with Crippen molar-refractivity contribution >= 4 is 28.2 Å². The molecule has 4 aromatic rings. The Hall–Kier alpha value is -4.22. The van der Waals surface area contributed by atoms with E-state index in [-0.39, 0.29) is 34.3 Å². The predicted molar refractivity (Wildman–Crippen MR) is 113 cm³/mol. The first-order valence-electron chi connectivity index (χ1n) is 9.32. The number of benzene rings is 1. The molecule has 0 radical (unpaired) electrons. The van der Waals surface area contributed by atoms with Gasteiger partial charge in [-0.2, -0.15) is 18.3 Å². The van der Waals surface area contributed by atoms with E-state index in [4.69, 9.17) is 11.5 Å². The van der Waals surface area contributed by atoms with E-state index < -0.39 is 18.6 Å². The van der Waals surface area contributed by atoms with Crippen molar-refractivity contribution in [3.05, 3.63) is 47.9 Å². The number of nitrogens with one attached hydrogen (secondary N) is 2. The minimum Gasteiger partial charge on any atom is -0.395 e. The molecule has 0 saturated carbocycles. The van der Waals surface area contributed by atoms with Gasteiger partial charge in [0.1, 0.15) is 12.2 Å². The Labute approximate surface area is 179 Å². The molecule has 0 unspecified atom stereocenters. The third-order valence-corrected chi connectivity index (χ3v) is 4.75. The van der Waals surface area contributed by atoms with E-state index in [1.807, 2.05) is 19.1 Å². The van der Waals surface area contributed by atoms with Crippen molar-refractivity contribution in [3.63, 3.8) is 0 Å². The number of hydrogen-bond acceptors (Lipinski definition) is 7. The number of aromatic amines is 1. The van der Waals surface area contributed by atoms with Gasteiger partial charge in [0.25, 0.3) is 5.91 Å². The maximum absolute atomic E-state index is 12.7. The summed E-state index contributed by atoms with van der Waals surface area (Å²) in [6.45, 7) is 0.535. The van der Waals surface area contributed by atoms with E-state index in [1.165, 1.54) is 18.3 Å². The Morgan fingerprint density at radius 3 is 2.69 bits per heavy atom. The van der Waals surface area contributed by atoms with Crippen molar-refractivity contribution in [2.45, 2.75) is 13.1 Å². The van der Waals surface area contributed by atoms with E-state index in [9.17, 15) is 18.0 Å². The molecule has 164 valence electrons. The number of carbonyl (C=O) groups excluding carboxylic acids is 1. The number of amides is 1. The molecule has 3 heterocycles. The molecule has 0 spiro atoms. The third kappa shape index (κ3) is 3.89. The van der Waals surface area contributed by atoms with Crippen LogP contribution in [0.25, 0.3) is 33.7 Å². The molecule has 3 aromatic heterocycles. The highest BCUT2D eigenvalue weighted by Crippen LogP contribution is 2.36. The lowest BCUT2D eigenvalue weighted by Gasteiger charge is -2.15. The van der Waals surface area contributed by atoms with Crippen LogP contribution in [0.15, 0.2) is 36.7 Å². The zero-order valence-electron chi connectivity index (χ0n) is 16.7. The molecule has 0 aliphatic heterocycles. The molecule has 0 bridgehead atoms. The summed E-state index contributed by atoms with van der Waals surface area (Å²) >= 11 is 0. The number of rotatable bonds is 5. The van der Waals surface area contributed by atoms with Crippen molar-refractivity contribution in [2.24, 2.45) is 5.73 Å². The fraction of sp³-hybridized carbons (Fsp3) is 0.150. The fourth-order valence-electron chi connectivity index (χ4n) is 3.32. The topological polar surface area (TPSA) is 148 Å². The first-order valence-corrected chi connectivity index (χ1v) is 9.32. The molecule has 6 N–H and O–H groups in total. The minimum atomic E-state index is -4.45. The van der Waals surface area contributed by atoms with Crippen molar-refractivity contribution in [2.75, 3.05) is 17.6 Å². The van der Waals surface area contributed by atoms with Gasteiger partial charge in [0.2, 0.25) is 0 Å². The lowest BCUT2D eigenvalue weighted by atomic mass is 9.99. The Morgan fingerprint density at radius 1 is 1.19 bits per heavy atom. The van der Waals surface area contributed by atoms with E-state index in [2.05, 4.69) is 30.5 Å². The Morgan fingerprint density at radius 2 is 1.97 bits per heavy atom. The number of nitrogen functional groups attached to an aromatic ring is 1. The molecule has 0 fully saturated rings. The number of fused-ring (bicyclic) bond motifs is 1. The molecule has 0 atom stereocenters. The standard InChI is InChI=1S/C20H17F3N8O/c1-9-4-5-11-10(7-28-31-11)13(9)16-14(24)17(18(25)32)30-19(29-16)15-12(3-2-6-26-15)27-8-20(21,22)23/h2-7,27H,8,24H2,1H3,(H2,25,32)(H,28,31). The molecule has 4 rings (SSSR count). The summed E-state index contributed by atoms with van der Waals surface area (Å²) < 4.78 is 38.2. The number of primary amides is 1. The lowest BCUT2D eigenvalue weighted by molar-refractivity contribution is -0.115. The van der Waals surface area contributed by atoms with Crippen molar-refractivity contribution in [1.29, 1.82) is 0 Å². The number of hydrogen-bond donors (Lipinski definition) is 4. The van der Waals surface area contributed by atoms with E-state index in [0.29, 0.717) is 16.5 Å². The minimum absolute atomic E-state index is 0.0116. The van der Waals surface area contributed by atoms with Crippen LogP contribution >= 0.6 is 0 Å². The maximum atomic E-state index is 12.7. The number of halogens is 3. The van der Waals surface area contributed by atoms with Gasteiger partial charge in [-0.25, -0.2) is 9.97 Å². The van der Waals surface area contributed by atoms with Crippen molar-refractivity contribution in [3.8, 4) is 22.8 Å². The van der Waals surface area contributed by atoms with Crippen LogP contribution in [0.4, 0.5) is 24.5 Å². The van der Waals surface area contributed by atoms with Gasteiger partial charge in [-0.05, 0) is 30.7 Å². The number of alkyl halides is 3. The molecular weight excluding hydrogens is 425 g/mol. The number of pyridine rings is 1. The van der Waals surface area contributed by atoms with Crippen LogP contribution in [0.3, 0.4) is 0 Å². The normalized spacial score (nSPS) is 11.6. The molecule has 0 aliphatic carbocycles. The second-order valence-corrected chi connectivity index (χ2v) is 6.98. The number of aromatic nitrogens is 5. The average molecular weight is 442 g/mol. The Bertz CT molecular complexity index is 1330. The number of carbonyl (C=O) groups is 1. The van der Waals surface area contributed by atoms with Gasteiger partial charge in [-0.3, -0.25) is 14.9 Å². The number of nitrogens with zero attached hydrogens (tertiary/aromatic N) is 4. The summed E-state index contributed by atoms with van der Waals surface area (Å²) in [6.07, 6.45) is -1.49. The number of anilines is 2. The van der Waals surface area contributed by atoms with Crippen LogP contribution in [0, 0.1) is 6.92 Å². The summed E-state index contributed by atoms with van der Waals surface area (Å²) in [5.41, 5.74) is 13.7. The molecular formula is C20H17F3N8O. The third-order valence-electron chi connectivity index (χ3n) is 4.75. The smallest absolute Gasteiger partial charge is 0.395 e. The average Bonchev–Trinajstić information content (AvgIpc) is 3.21. The number of aryl methyl sites for hydroxylation is 1. The van der Waals surface area contributed by atoms with Gasteiger partial charge < -0.3 is 16.8 Å². The molecule has 0 aliphatic rings. The van der Waals surface area contributed by atoms with E-state index in [1.54, 1.807) is 6.20 Å². The zero-order valence-corrected chi connectivity index (χ0v) is 16.7. The number of H-pyrrole nitrogens is 1. The van der Waals surface area contributed by atoms with Gasteiger partial charge in [-0.15, -0.1) is 0 Å². The second-order valence-electron chi connectivity index (χ2n) is 6.98. The van der Waals surface area contributed by atoms with Gasteiger partial charge in [-0.1, -0.05) is 6.07 Å². The summed E-state index contributed by atoms with van der Waals surface area (Å²) in [6, 6.07) is 6.51. The van der Waals surface area contributed by atoms with Gasteiger partial charge in [0.15, 0.2) is 11.5 Å². The summed E-state index contributed by atoms with van der Waals surface area (Å²) in [4.78, 5) is 24.8. The van der Waals surface area contributed by atoms with Crippen LogP contribution in [0.2, 0.25) is 0 Å². The highest BCUT2D eigenvalue weighted by atomic mass is 19.4. The molecule has 1 aromatic carbocycles. The molecule has 9 nitrogen and oxygen atoms in total. The molecule has 0 saturated heterocycles. The lowest BCUT2D eigenvalue weighted by Crippen LogP contribution is -2.22. The molecule has 12 heteroatoms. The highest BCUT2D eigenvalue weighted by Gasteiger charge is 2.28. The van der Waals surface area contributed by atoms with Crippen LogP contribution < -0.4 is 16.8 Å². The quantitative estimate of drug-likeness (QED) is 0.371. The van der Waals surface area contributed by atoms with Crippen LogP contribution in [0.5, 0.6) is 0 Å². The largest absolute Gasteiger partial charge is 0.405 e. The van der Waals surface area contributed by atoms with Crippen molar-refractivity contribution in [1.82, 2.24) is 25.1 Å². The molecule has 32 heavy (non-hydrogen) atoms. The van der Waals surface area contributed by atoms with Crippen LogP contribution in [-0.2, 0) is 0 Å². The monoisotopic (exact) mass is 442 g/mol. The first-order chi connectivity index (χ1) is 15.2. The van der Waals surface area contributed by atoms with Gasteiger partial charge in [0, 0.05) is 17.1 Å². The Balaban J connectivity index is 1.95. The fourth-order valence-corrected chi connectivity index (χ4v) is 3.32. The maximum Gasteiger partial charge on any atom is 0.405 e. The molecule has 1 amide bonds. The summed E-state index contributed by atoms with van der Waals surface area (Å²) in [5, 5.41) is 9.84. The summed E-state index contributed by atoms with van der Waals surface area (Å²) in [5.74, 6) is -1.02. The van der Waals surface area contributed by atoms with Crippen LogP contribution in [-0.4, -0.2) is 43.8 Å². The predicted octanol–water partition coefficient (Wildman–Crippen LogP) is 3.05.